The summed E-state index contributed by atoms with van der Waals surface area (Å²) in [5, 5.41) is 5.68. The minimum Gasteiger partial charge on any atom is -0.445 e. The number of hydrogen-bond donors (Lipinski definition) is 2. The lowest BCUT2D eigenvalue weighted by molar-refractivity contribution is -0.134. The molecule has 2 N–H and O–H groups in total. The van der Waals surface area contributed by atoms with Crippen LogP contribution >= 0.6 is 0 Å². The van der Waals surface area contributed by atoms with Crippen LogP contribution in [0.15, 0.2) is 108 Å². The quantitative estimate of drug-likeness (QED) is 0.219. The third-order valence-electron chi connectivity index (χ3n) is 8.18. The molecule has 5 rings (SSSR count). The number of nitrogens with one attached hydrogen (secondary N) is 2. The molecular weight excluding hydrogens is 582 g/mol. The molecule has 0 saturated carbocycles. The maximum absolute atomic E-state index is 14.0. The van der Waals surface area contributed by atoms with E-state index in [1.165, 1.54) is 0 Å². The first-order valence-electron chi connectivity index (χ1n) is 15.6. The molecule has 2 aliphatic rings. The second-order valence-corrected chi connectivity index (χ2v) is 11.9. The summed E-state index contributed by atoms with van der Waals surface area (Å²) in [6.07, 6.45) is 4.11. The Bertz CT molecular complexity index is 1570. The van der Waals surface area contributed by atoms with Crippen molar-refractivity contribution in [3.8, 4) is 0 Å². The lowest BCUT2D eigenvalue weighted by atomic mass is 9.89. The Morgan fingerprint density at radius 1 is 0.804 bits per heavy atom. The summed E-state index contributed by atoms with van der Waals surface area (Å²) in [6, 6.07) is 26.3. The van der Waals surface area contributed by atoms with Gasteiger partial charge in [-0.1, -0.05) is 97.1 Å². The number of aliphatic imine (C=N–C) groups is 1. The number of Topliss-reactive ketones (excluding diaryl/α,β-unsaturated/α-hetero) is 2. The van der Waals surface area contributed by atoms with Gasteiger partial charge in [0.15, 0.2) is 11.6 Å². The van der Waals surface area contributed by atoms with Gasteiger partial charge in [0, 0.05) is 37.1 Å². The number of allylic oxidation sites excluding steroid dienone is 1. The zero-order valence-electron chi connectivity index (χ0n) is 25.9. The fourth-order valence-corrected chi connectivity index (χ4v) is 5.42. The fraction of sp³-hybridized carbons (Fsp3) is 0.324. The zero-order chi connectivity index (χ0) is 32.4. The summed E-state index contributed by atoms with van der Waals surface area (Å²) in [7, 11) is 0. The summed E-state index contributed by atoms with van der Waals surface area (Å²) < 4.78 is 10.8. The topological polar surface area (TPSA) is 126 Å². The van der Waals surface area contributed by atoms with Crippen molar-refractivity contribution in [3.05, 3.63) is 119 Å². The van der Waals surface area contributed by atoms with E-state index in [4.69, 9.17) is 9.47 Å². The van der Waals surface area contributed by atoms with E-state index in [1.54, 1.807) is 13.1 Å². The average molecular weight is 622 g/mol. The van der Waals surface area contributed by atoms with E-state index >= 15 is 0 Å². The largest absolute Gasteiger partial charge is 0.445 e. The lowest BCUT2D eigenvalue weighted by Crippen LogP contribution is -2.50. The Kier molecular flexibility index (Phi) is 10.9. The zero-order valence-corrected chi connectivity index (χ0v) is 25.9. The predicted molar refractivity (Wildman–Crippen MR) is 174 cm³/mol. The first-order chi connectivity index (χ1) is 22.3. The fourth-order valence-electron chi connectivity index (χ4n) is 5.42. The molecule has 0 radical (unpaired) electrons. The summed E-state index contributed by atoms with van der Waals surface area (Å²) in [5.41, 5.74) is 2.31. The van der Waals surface area contributed by atoms with Crippen molar-refractivity contribution in [1.82, 2.24) is 10.6 Å². The first-order valence-corrected chi connectivity index (χ1v) is 15.6. The van der Waals surface area contributed by atoms with Gasteiger partial charge in [-0.3, -0.25) is 19.4 Å². The predicted octanol–water partition coefficient (Wildman–Crippen LogP) is 4.93. The van der Waals surface area contributed by atoms with Gasteiger partial charge in [0.1, 0.15) is 12.2 Å². The monoisotopic (exact) mass is 621 g/mol. The smallest absolute Gasteiger partial charge is 0.408 e. The molecule has 0 aliphatic carbocycles. The Labute approximate surface area is 269 Å². The SMILES string of the molecule is C[C@]1(C(=O)[C@H](Cc2ccccc2)NC(=O)[C@@H](CC(=O)[C@H](CC2=CCC=N2)NC(=O)OCc2ccccc2)Cc2ccccc2)CO1. The summed E-state index contributed by atoms with van der Waals surface area (Å²) in [6.45, 7) is 2.07. The molecular formula is C37H39N3O6. The molecule has 2 aliphatic heterocycles. The highest BCUT2D eigenvalue weighted by Gasteiger charge is 2.50. The first kappa shape index (κ1) is 32.5. The summed E-state index contributed by atoms with van der Waals surface area (Å²) in [4.78, 5) is 58.5. The summed E-state index contributed by atoms with van der Waals surface area (Å²) in [5.74, 6) is -1.76. The molecule has 3 aromatic rings. The molecule has 2 heterocycles. The van der Waals surface area contributed by atoms with Crippen LogP contribution in [0.4, 0.5) is 4.79 Å². The van der Waals surface area contributed by atoms with Gasteiger partial charge in [0.2, 0.25) is 5.91 Å². The van der Waals surface area contributed by atoms with Crippen molar-refractivity contribution in [2.45, 2.75) is 63.3 Å². The number of carbonyl (C=O) groups is 4. The van der Waals surface area contributed by atoms with E-state index in [0.717, 1.165) is 16.7 Å². The normalized spacial score (nSPS) is 18.5. The molecule has 9 nitrogen and oxygen atoms in total. The molecule has 9 heteroatoms. The number of epoxide rings is 1. The van der Waals surface area contributed by atoms with Gasteiger partial charge in [-0.15, -0.1) is 0 Å². The number of alkyl carbamates (subject to hydrolysis) is 1. The van der Waals surface area contributed by atoms with Crippen LogP contribution in [0.2, 0.25) is 0 Å². The number of ether oxygens (including phenoxy) is 2. The van der Waals surface area contributed by atoms with Crippen LogP contribution in [0.3, 0.4) is 0 Å². The summed E-state index contributed by atoms with van der Waals surface area (Å²) >= 11 is 0. The number of nitrogens with zero attached hydrogens (tertiary/aromatic N) is 1. The molecule has 0 unspecified atom stereocenters. The van der Waals surface area contributed by atoms with Crippen LogP contribution in [0.1, 0.15) is 42.9 Å². The van der Waals surface area contributed by atoms with Crippen LogP contribution in [0.25, 0.3) is 0 Å². The molecule has 2 amide bonds. The number of ketones is 2. The lowest BCUT2D eigenvalue weighted by Gasteiger charge is -2.25. The van der Waals surface area contributed by atoms with Crippen LogP contribution in [-0.4, -0.2) is 54.1 Å². The Morgan fingerprint density at radius 2 is 1.39 bits per heavy atom. The molecule has 4 atom stereocenters. The molecule has 238 valence electrons. The van der Waals surface area contributed by atoms with E-state index in [2.05, 4.69) is 15.6 Å². The van der Waals surface area contributed by atoms with Gasteiger partial charge in [-0.2, -0.15) is 0 Å². The van der Waals surface area contributed by atoms with Crippen molar-refractivity contribution in [2.24, 2.45) is 10.9 Å². The van der Waals surface area contributed by atoms with Crippen molar-refractivity contribution in [1.29, 1.82) is 0 Å². The van der Waals surface area contributed by atoms with Gasteiger partial charge < -0.3 is 20.1 Å². The van der Waals surface area contributed by atoms with E-state index in [-0.39, 0.29) is 37.4 Å². The van der Waals surface area contributed by atoms with Gasteiger partial charge >= 0.3 is 6.09 Å². The third kappa shape index (κ3) is 9.31. The minimum absolute atomic E-state index is 0.0485. The van der Waals surface area contributed by atoms with Crippen LogP contribution in [-0.2, 0) is 43.3 Å². The van der Waals surface area contributed by atoms with Gasteiger partial charge in [-0.05, 0) is 36.5 Å². The van der Waals surface area contributed by atoms with Gasteiger partial charge in [0.25, 0.3) is 0 Å². The highest BCUT2D eigenvalue weighted by molar-refractivity contribution is 5.98. The molecule has 0 bridgehead atoms. The van der Waals surface area contributed by atoms with Crippen LogP contribution in [0.5, 0.6) is 0 Å². The standard InChI is InChI=1S/C37H39N3O6/c1-37(25-46-37)34(42)32(21-27-14-7-3-8-15-27)39-35(43)29(20-26-12-5-2-6-13-26)22-33(41)31(23-30-18-11-19-38-30)40-36(44)45-24-28-16-9-4-10-17-28/h2-10,12-19,29,31-32H,11,20-25H2,1H3,(H,39,43)(H,40,44)/t29-,31+,32+,37-/m1/s1. The van der Waals surface area contributed by atoms with E-state index in [1.807, 2.05) is 97.1 Å². The van der Waals surface area contributed by atoms with Crippen LogP contribution < -0.4 is 10.6 Å². The number of hydrogen-bond acceptors (Lipinski definition) is 7. The number of rotatable bonds is 16. The van der Waals surface area contributed by atoms with Crippen molar-refractivity contribution < 1.29 is 28.7 Å². The number of amides is 2. The van der Waals surface area contributed by atoms with E-state index in [0.29, 0.717) is 25.1 Å². The van der Waals surface area contributed by atoms with Gasteiger partial charge in [-0.25, -0.2) is 4.79 Å². The molecule has 3 aromatic carbocycles. The highest BCUT2D eigenvalue weighted by atomic mass is 16.6. The minimum atomic E-state index is -0.962. The maximum Gasteiger partial charge on any atom is 0.408 e. The van der Waals surface area contributed by atoms with E-state index in [9.17, 15) is 19.2 Å². The number of carbonyl (C=O) groups excluding carboxylic acids is 4. The molecule has 1 saturated heterocycles. The van der Waals surface area contributed by atoms with Gasteiger partial charge in [0.05, 0.1) is 18.7 Å². The Morgan fingerprint density at radius 3 is 1.96 bits per heavy atom. The molecule has 0 aromatic heterocycles. The molecule has 0 spiro atoms. The highest BCUT2D eigenvalue weighted by Crippen LogP contribution is 2.29. The second kappa shape index (κ2) is 15.4. The van der Waals surface area contributed by atoms with E-state index < -0.39 is 35.6 Å². The van der Waals surface area contributed by atoms with Crippen molar-refractivity contribution in [3.63, 3.8) is 0 Å². The molecule has 46 heavy (non-hydrogen) atoms. The maximum atomic E-state index is 14.0. The average Bonchev–Trinajstić information content (AvgIpc) is 3.61. The third-order valence-corrected chi connectivity index (χ3v) is 8.18. The van der Waals surface area contributed by atoms with Crippen LogP contribution in [0, 0.1) is 5.92 Å². The van der Waals surface area contributed by atoms with Crippen molar-refractivity contribution >= 4 is 29.8 Å². The Balaban J connectivity index is 1.33. The van der Waals surface area contributed by atoms with Crippen molar-refractivity contribution in [2.75, 3.05) is 6.61 Å². The Hall–Kier alpha value is -4.89. The molecule has 1 fully saturated rings. The second-order valence-electron chi connectivity index (χ2n) is 11.9. The number of benzene rings is 3.